The molecule has 1 unspecified atom stereocenters. The maximum atomic E-state index is 12.8. The molecule has 0 bridgehead atoms. The summed E-state index contributed by atoms with van der Waals surface area (Å²) in [5.74, 6) is -1.06. The van der Waals surface area contributed by atoms with Crippen LogP contribution in [0, 0.1) is 0 Å². The summed E-state index contributed by atoms with van der Waals surface area (Å²) in [6.07, 6.45) is 77.3. The molecule has 0 amide bonds. The van der Waals surface area contributed by atoms with Crippen molar-refractivity contribution in [1.82, 2.24) is 0 Å². The topological polar surface area (TPSA) is 78.9 Å². The summed E-state index contributed by atoms with van der Waals surface area (Å²) < 4.78 is 16.7. The Kier molecular flexibility index (Phi) is 51.5. The Morgan fingerprint density at radius 1 is 0.324 bits per heavy atom. The standard InChI is InChI=1S/C62H98O6/c1-4-7-10-13-16-19-22-25-28-31-34-37-40-43-46-49-52-55-61(64)67-58-59(57-66-60(63)54-51-48-45-42-39-36-33-30-27-24-21-18-15-12-9-6-3)68-62(65)56-53-50-47-44-41-38-35-32-29-26-23-20-17-14-11-8-5-2/h7,10,13,16,19,22,25-26,28-31,33-40,44,47,59H,4-6,8-9,11-12,14-15,17-18,20-21,23-24,27,32,41-43,45-46,48-58H2,1-3H3/b10-7-,16-13-,22-19-,28-25-,29-26-,33-30-,34-31+,38-35-,39-36-,40-37-,47-44-. The maximum Gasteiger partial charge on any atom is 0.306 e. The van der Waals surface area contributed by atoms with Crippen LogP contribution in [0.2, 0.25) is 0 Å². The van der Waals surface area contributed by atoms with Crippen molar-refractivity contribution >= 4 is 17.9 Å². The molecule has 6 heteroatoms. The summed E-state index contributed by atoms with van der Waals surface area (Å²) in [6, 6.07) is 0. The number of hydrogen-bond donors (Lipinski definition) is 0. The minimum atomic E-state index is -0.839. The third kappa shape index (κ3) is 52.5. The van der Waals surface area contributed by atoms with Crippen molar-refractivity contribution in [3.8, 4) is 0 Å². The van der Waals surface area contributed by atoms with Crippen LogP contribution in [0.25, 0.3) is 0 Å². The Morgan fingerprint density at radius 2 is 0.647 bits per heavy atom. The Morgan fingerprint density at radius 3 is 1.09 bits per heavy atom. The van der Waals surface area contributed by atoms with E-state index in [-0.39, 0.29) is 44.0 Å². The zero-order valence-corrected chi connectivity index (χ0v) is 43.6. The molecule has 0 aromatic carbocycles. The third-order valence-corrected chi connectivity index (χ3v) is 11.0. The van der Waals surface area contributed by atoms with Gasteiger partial charge >= 0.3 is 17.9 Å². The first-order valence-corrected chi connectivity index (χ1v) is 27.3. The van der Waals surface area contributed by atoms with Gasteiger partial charge in [0, 0.05) is 19.3 Å². The maximum absolute atomic E-state index is 12.8. The number of allylic oxidation sites excluding steroid dienone is 22. The van der Waals surface area contributed by atoms with Crippen molar-refractivity contribution in [1.29, 1.82) is 0 Å². The molecule has 68 heavy (non-hydrogen) atoms. The molecule has 382 valence electrons. The van der Waals surface area contributed by atoms with Gasteiger partial charge in [0.15, 0.2) is 6.10 Å². The molecule has 0 saturated carbocycles. The number of carbonyl (C=O) groups is 3. The highest BCUT2D eigenvalue weighted by Gasteiger charge is 2.19. The van der Waals surface area contributed by atoms with E-state index in [4.69, 9.17) is 14.2 Å². The Balaban J connectivity index is 4.63. The Hall–Kier alpha value is -4.45. The van der Waals surface area contributed by atoms with Gasteiger partial charge < -0.3 is 14.2 Å². The van der Waals surface area contributed by atoms with E-state index < -0.39 is 6.10 Å². The quantitative estimate of drug-likeness (QED) is 0.0199. The summed E-state index contributed by atoms with van der Waals surface area (Å²) in [5.41, 5.74) is 0. The minimum absolute atomic E-state index is 0.131. The van der Waals surface area contributed by atoms with E-state index in [1.165, 1.54) is 89.9 Å². The molecular formula is C62H98O6. The fourth-order valence-corrected chi connectivity index (χ4v) is 6.95. The number of esters is 3. The lowest BCUT2D eigenvalue weighted by molar-refractivity contribution is -0.167. The molecule has 0 aromatic rings. The van der Waals surface area contributed by atoms with Gasteiger partial charge in [0.05, 0.1) is 0 Å². The van der Waals surface area contributed by atoms with Crippen LogP contribution in [0.4, 0.5) is 0 Å². The number of ether oxygens (including phenoxy) is 3. The molecule has 0 spiro atoms. The van der Waals surface area contributed by atoms with Crippen molar-refractivity contribution in [2.75, 3.05) is 13.2 Å². The highest BCUT2D eigenvalue weighted by Crippen LogP contribution is 2.12. The molecule has 0 aromatic heterocycles. The normalized spacial score (nSPS) is 13.2. The van der Waals surface area contributed by atoms with Gasteiger partial charge in [-0.15, -0.1) is 0 Å². The first-order valence-electron chi connectivity index (χ1n) is 27.3. The van der Waals surface area contributed by atoms with Gasteiger partial charge in [0.2, 0.25) is 0 Å². The molecule has 0 radical (unpaired) electrons. The molecule has 0 fully saturated rings. The number of hydrogen-bond acceptors (Lipinski definition) is 6. The zero-order chi connectivity index (χ0) is 49.3. The van der Waals surface area contributed by atoms with Gasteiger partial charge in [-0.05, 0) is 96.3 Å². The highest BCUT2D eigenvalue weighted by atomic mass is 16.6. The van der Waals surface area contributed by atoms with Crippen LogP contribution in [-0.4, -0.2) is 37.2 Å². The number of rotatable bonds is 47. The van der Waals surface area contributed by atoms with Crippen LogP contribution in [0.1, 0.15) is 220 Å². The van der Waals surface area contributed by atoms with Crippen LogP contribution in [0.5, 0.6) is 0 Å². The SMILES string of the molecule is CC\C=C/C=C\C=C/C=C\C=C\C=C/CCCCCC(=O)OCC(COC(=O)CCCCC/C=C\C=C/CCCCCCCCC)OC(=O)CCC/C=C\C/C=C\C/C=C\CCCCCCCC. The zero-order valence-electron chi connectivity index (χ0n) is 43.6. The van der Waals surface area contributed by atoms with Gasteiger partial charge in [-0.2, -0.15) is 0 Å². The van der Waals surface area contributed by atoms with Gasteiger partial charge in [-0.3, -0.25) is 14.4 Å². The summed E-state index contributed by atoms with van der Waals surface area (Å²) in [5, 5.41) is 0. The second-order valence-electron chi connectivity index (χ2n) is 17.6. The summed E-state index contributed by atoms with van der Waals surface area (Å²) in [7, 11) is 0. The predicted octanol–water partition coefficient (Wildman–Crippen LogP) is 18.3. The van der Waals surface area contributed by atoms with Gasteiger partial charge in [0.25, 0.3) is 0 Å². The Labute approximate surface area is 417 Å². The van der Waals surface area contributed by atoms with Crippen molar-refractivity contribution < 1.29 is 28.6 Å². The first kappa shape index (κ1) is 63.5. The monoisotopic (exact) mass is 939 g/mol. The highest BCUT2D eigenvalue weighted by molar-refractivity contribution is 5.71. The average molecular weight is 939 g/mol. The lowest BCUT2D eigenvalue weighted by atomic mass is 10.1. The van der Waals surface area contributed by atoms with E-state index in [9.17, 15) is 14.4 Å². The van der Waals surface area contributed by atoms with Crippen molar-refractivity contribution in [2.24, 2.45) is 0 Å². The van der Waals surface area contributed by atoms with E-state index in [1.807, 2.05) is 60.8 Å². The molecule has 0 rings (SSSR count). The second kappa shape index (κ2) is 55.1. The Bertz CT molecular complexity index is 1500. The van der Waals surface area contributed by atoms with Crippen LogP contribution < -0.4 is 0 Å². The fourth-order valence-electron chi connectivity index (χ4n) is 6.95. The number of carbonyl (C=O) groups excluding carboxylic acids is 3. The molecule has 0 aliphatic carbocycles. The molecule has 0 heterocycles. The van der Waals surface area contributed by atoms with Gasteiger partial charge in [-0.25, -0.2) is 0 Å². The minimum Gasteiger partial charge on any atom is -0.462 e. The lowest BCUT2D eigenvalue weighted by Gasteiger charge is -2.18. The predicted molar refractivity (Wildman–Crippen MR) is 292 cm³/mol. The third-order valence-electron chi connectivity index (χ3n) is 11.0. The van der Waals surface area contributed by atoms with Gasteiger partial charge in [0.1, 0.15) is 13.2 Å². The molecular weight excluding hydrogens is 841 g/mol. The summed E-state index contributed by atoms with van der Waals surface area (Å²) >= 11 is 0. The molecule has 0 saturated heterocycles. The largest absolute Gasteiger partial charge is 0.462 e. The average Bonchev–Trinajstić information content (AvgIpc) is 3.34. The smallest absolute Gasteiger partial charge is 0.306 e. The lowest BCUT2D eigenvalue weighted by Crippen LogP contribution is -2.30. The van der Waals surface area contributed by atoms with E-state index in [0.29, 0.717) is 19.3 Å². The molecule has 6 nitrogen and oxygen atoms in total. The van der Waals surface area contributed by atoms with Gasteiger partial charge in [-0.1, -0.05) is 238 Å². The molecule has 0 N–H and O–H groups in total. The first-order chi connectivity index (χ1) is 33.5. The van der Waals surface area contributed by atoms with Crippen LogP contribution in [0.3, 0.4) is 0 Å². The van der Waals surface area contributed by atoms with Crippen molar-refractivity contribution in [3.05, 3.63) is 134 Å². The van der Waals surface area contributed by atoms with Crippen LogP contribution >= 0.6 is 0 Å². The summed E-state index contributed by atoms with van der Waals surface area (Å²) in [4.78, 5) is 38.1. The van der Waals surface area contributed by atoms with Crippen molar-refractivity contribution in [2.45, 2.75) is 226 Å². The molecule has 0 aliphatic heterocycles. The van der Waals surface area contributed by atoms with Crippen LogP contribution in [0.15, 0.2) is 134 Å². The van der Waals surface area contributed by atoms with E-state index in [0.717, 1.165) is 77.0 Å². The van der Waals surface area contributed by atoms with Crippen molar-refractivity contribution in [3.63, 3.8) is 0 Å². The van der Waals surface area contributed by atoms with E-state index in [2.05, 4.69) is 93.7 Å². The summed E-state index contributed by atoms with van der Waals surface area (Å²) in [6.45, 7) is 6.36. The molecule has 1 atom stereocenters. The fraction of sp³-hybridized carbons (Fsp3) is 0.597. The molecule has 0 aliphatic rings. The number of unbranched alkanes of at least 4 members (excludes halogenated alkanes) is 20. The second-order valence-corrected chi connectivity index (χ2v) is 17.6. The van der Waals surface area contributed by atoms with E-state index in [1.54, 1.807) is 0 Å². The van der Waals surface area contributed by atoms with E-state index >= 15 is 0 Å². The van der Waals surface area contributed by atoms with Crippen LogP contribution in [-0.2, 0) is 28.6 Å².